The van der Waals surface area contributed by atoms with Crippen LogP contribution >= 0.6 is 0 Å². The molecular formula is C34H52O7. The SMILES string of the molecule is C[C@H]1[C@H](C)CC[C@]2(C(=O)O)CC[C@]3(C)C(=CC[C@@H]4[C@@]5(C)CC[C@H](OC(=O)COCC(=O)O)C(C)(C)[C@@H]5CC[C@]43C)[C@H]12. The number of allylic oxidation sites excluding steroid dienone is 2. The molecule has 0 aromatic carbocycles. The Morgan fingerprint density at radius 1 is 0.878 bits per heavy atom. The van der Waals surface area contributed by atoms with E-state index in [2.05, 4.69) is 54.5 Å². The maximum Gasteiger partial charge on any atom is 0.332 e. The third kappa shape index (κ3) is 4.33. The number of esters is 1. The van der Waals surface area contributed by atoms with E-state index in [0.717, 1.165) is 57.8 Å². The molecule has 230 valence electrons. The fourth-order valence-electron chi connectivity index (χ4n) is 11.5. The molecule has 5 aliphatic rings. The van der Waals surface area contributed by atoms with Gasteiger partial charge in [-0.1, -0.05) is 60.1 Å². The van der Waals surface area contributed by atoms with Crippen molar-refractivity contribution in [2.45, 2.75) is 112 Å². The Bertz CT molecular complexity index is 1130. The average molecular weight is 573 g/mol. The molecule has 0 aliphatic heterocycles. The Balaban J connectivity index is 1.44. The zero-order valence-corrected chi connectivity index (χ0v) is 26.3. The van der Waals surface area contributed by atoms with Crippen LogP contribution in [0.25, 0.3) is 0 Å². The predicted molar refractivity (Wildman–Crippen MR) is 155 cm³/mol. The van der Waals surface area contributed by atoms with Crippen LogP contribution in [0.2, 0.25) is 0 Å². The Morgan fingerprint density at radius 3 is 2.24 bits per heavy atom. The van der Waals surface area contributed by atoms with Gasteiger partial charge >= 0.3 is 17.9 Å². The maximum atomic E-state index is 12.9. The topological polar surface area (TPSA) is 110 Å². The van der Waals surface area contributed by atoms with Crippen LogP contribution in [0.15, 0.2) is 11.6 Å². The van der Waals surface area contributed by atoms with Gasteiger partial charge < -0.3 is 19.7 Å². The number of hydrogen-bond donors (Lipinski definition) is 2. The summed E-state index contributed by atoms with van der Waals surface area (Å²) >= 11 is 0. The van der Waals surface area contributed by atoms with Crippen molar-refractivity contribution < 1.29 is 34.1 Å². The number of fused-ring (bicyclic) bond motifs is 7. The van der Waals surface area contributed by atoms with Crippen molar-refractivity contribution in [1.82, 2.24) is 0 Å². The fraction of sp³-hybridized carbons (Fsp3) is 0.853. The summed E-state index contributed by atoms with van der Waals surface area (Å²) in [6.07, 6.45) is 10.7. The second kappa shape index (κ2) is 10.1. The van der Waals surface area contributed by atoms with Crippen molar-refractivity contribution in [2.24, 2.45) is 56.7 Å². The molecule has 5 rings (SSSR count). The lowest BCUT2D eigenvalue weighted by Gasteiger charge is -2.71. The van der Waals surface area contributed by atoms with Gasteiger partial charge in [0, 0.05) is 5.41 Å². The van der Waals surface area contributed by atoms with E-state index in [9.17, 15) is 19.5 Å². The van der Waals surface area contributed by atoms with E-state index < -0.39 is 29.9 Å². The van der Waals surface area contributed by atoms with E-state index in [1.165, 1.54) is 5.57 Å². The van der Waals surface area contributed by atoms with Crippen LogP contribution in [-0.2, 0) is 23.9 Å². The first-order valence-electron chi connectivity index (χ1n) is 16.0. The molecule has 41 heavy (non-hydrogen) atoms. The highest BCUT2D eigenvalue weighted by atomic mass is 16.6. The first kappa shape index (κ1) is 30.6. The molecule has 0 heterocycles. The number of aliphatic carboxylic acids is 2. The molecule has 0 aromatic heterocycles. The first-order valence-corrected chi connectivity index (χ1v) is 16.0. The van der Waals surface area contributed by atoms with Crippen LogP contribution < -0.4 is 0 Å². The van der Waals surface area contributed by atoms with E-state index in [0.29, 0.717) is 23.7 Å². The summed E-state index contributed by atoms with van der Waals surface area (Å²) in [5.41, 5.74) is 0.747. The van der Waals surface area contributed by atoms with Gasteiger partial charge in [0.15, 0.2) is 0 Å². The molecule has 5 aliphatic carbocycles. The van der Waals surface area contributed by atoms with Crippen molar-refractivity contribution in [1.29, 1.82) is 0 Å². The minimum atomic E-state index is -1.10. The van der Waals surface area contributed by atoms with Gasteiger partial charge in [-0.05, 0) is 104 Å². The second-order valence-electron chi connectivity index (χ2n) is 15.8. The Hall–Kier alpha value is -1.89. The van der Waals surface area contributed by atoms with Gasteiger partial charge in [0.05, 0.1) is 5.41 Å². The number of carboxylic acid groups (broad SMARTS) is 2. The summed E-state index contributed by atoms with van der Waals surface area (Å²) in [7, 11) is 0. The highest BCUT2D eigenvalue weighted by Crippen LogP contribution is 2.75. The third-order valence-electron chi connectivity index (χ3n) is 14.1. The van der Waals surface area contributed by atoms with Crippen molar-refractivity contribution in [3.05, 3.63) is 11.6 Å². The summed E-state index contributed by atoms with van der Waals surface area (Å²) in [5.74, 6) is -0.319. The van der Waals surface area contributed by atoms with Gasteiger partial charge in [0.25, 0.3) is 0 Å². The van der Waals surface area contributed by atoms with E-state index >= 15 is 0 Å². The van der Waals surface area contributed by atoms with Crippen molar-refractivity contribution in [3.8, 4) is 0 Å². The summed E-state index contributed by atoms with van der Waals surface area (Å²) in [6, 6.07) is 0. The van der Waals surface area contributed by atoms with Crippen molar-refractivity contribution in [2.75, 3.05) is 13.2 Å². The van der Waals surface area contributed by atoms with Gasteiger partial charge in [-0.2, -0.15) is 0 Å². The molecule has 0 radical (unpaired) electrons. The molecular weight excluding hydrogens is 520 g/mol. The minimum Gasteiger partial charge on any atom is -0.481 e. The summed E-state index contributed by atoms with van der Waals surface area (Å²) < 4.78 is 10.9. The van der Waals surface area contributed by atoms with Crippen LogP contribution in [0, 0.1) is 56.7 Å². The lowest BCUT2D eigenvalue weighted by molar-refractivity contribution is -0.215. The smallest absolute Gasteiger partial charge is 0.332 e. The van der Waals surface area contributed by atoms with Crippen LogP contribution in [0.3, 0.4) is 0 Å². The molecule has 0 spiro atoms. The van der Waals surface area contributed by atoms with Gasteiger partial charge in [-0.15, -0.1) is 0 Å². The molecule has 0 amide bonds. The Kier molecular flexibility index (Phi) is 7.52. The average Bonchev–Trinajstić information content (AvgIpc) is 2.88. The van der Waals surface area contributed by atoms with Crippen LogP contribution in [-0.4, -0.2) is 47.4 Å². The van der Waals surface area contributed by atoms with Gasteiger partial charge in [0.2, 0.25) is 0 Å². The molecule has 4 fully saturated rings. The number of hydrogen-bond acceptors (Lipinski definition) is 5. The normalized spacial score (nSPS) is 46.6. The van der Waals surface area contributed by atoms with Gasteiger partial charge in [0.1, 0.15) is 19.3 Å². The molecule has 7 heteroatoms. The van der Waals surface area contributed by atoms with Crippen molar-refractivity contribution in [3.63, 3.8) is 0 Å². The van der Waals surface area contributed by atoms with E-state index in [-0.39, 0.29) is 40.3 Å². The van der Waals surface area contributed by atoms with E-state index in [1.54, 1.807) is 0 Å². The zero-order chi connectivity index (χ0) is 30.2. The van der Waals surface area contributed by atoms with Gasteiger partial charge in [-0.3, -0.25) is 4.79 Å². The Labute approximate surface area is 245 Å². The van der Waals surface area contributed by atoms with Gasteiger partial charge in [-0.25, -0.2) is 9.59 Å². The minimum absolute atomic E-state index is 0.0201. The molecule has 2 N–H and O–H groups in total. The summed E-state index contributed by atoms with van der Waals surface area (Å²) in [5, 5.41) is 19.4. The molecule has 0 saturated heterocycles. The number of carboxylic acids is 2. The standard InChI is InChI=1S/C34H52O7/c1-20-10-15-34(29(38)39)17-16-32(6)22(28(34)21(20)2)8-9-24-31(5)13-12-25(41-27(37)19-40-18-26(35)36)30(3,4)23(31)11-14-33(24,32)7/h8,20-21,23-25,28H,9-19H2,1-7H3,(H,35,36)(H,38,39)/t20-,21+,23+,24-,25+,28+,31+,32-,33-,34+/m1/s1. The highest BCUT2D eigenvalue weighted by Gasteiger charge is 2.69. The fourth-order valence-corrected chi connectivity index (χ4v) is 11.5. The molecule has 0 unspecified atom stereocenters. The van der Waals surface area contributed by atoms with Crippen molar-refractivity contribution >= 4 is 17.9 Å². The molecule has 0 aromatic rings. The Morgan fingerprint density at radius 2 is 1.59 bits per heavy atom. The number of carbonyl (C=O) groups is 3. The predicted octanol–water partition coefficient (Wildman–Crippen LogP) is 6.74. The summed E-state index contributed by atoms with van der Waals surface area (Å²) in [4.78, 5) is 36.2. The lowest BCUT2D eigenvalue weighted by Crippen LogP contribution is -2.65. The first-order chi connectivity index (χ1) is 19.0. The van der Waals surface area contributed by atoms with Crippen LogP contribution in [0.4, 0.5) is 0 Å². The lowest BCUT2D eigenvalue weighted by atomic mass is 9.33. The maximum absolute atomic E-state index is 12.9. The number of rotatable bonds is 6. The monoisotopic (exact) mass is 572 g/mol. The zero-order valence-electron chi connectivity index (χ0n) is 26.3. The van der Waals surface area contributed by atoms with E-state index in [4.69, 9.17) is 14.6 Å². The largest absolute Gasteiger partial charge is 0.481 e. The highest BCUT2D eigenvalue weighted by molar-refractivity contribution is 5.77. The van der Waals surface area contributed by atoms with Crippen LogP contribution in [0.1, 0.15) is 106 Å². The number of carbonyl (C=O) groups excluding carboxylic acids is 1. The molecule has 0 bridgehead atoms. The van der Waals surface area contributed by atoms with E-state index in [1.807, 2.05) is 0 Å². The third-order valence-corrected chi connectivity index (χ3v) is 14.1. The summed E-state index contributed by atoms with van der Waals surface area (Å²) in [6.45, 7) is 15.7. The molecule has 10 atom stereocenters. The molecule has 4 saturated carbocycles. The number of ether oxygens (including phenoxy) is 2. The quantitative estimate of drug-likeness (QED) is 0.268. The second-order valence-corrected chi connectivity index (χ2v) is 15.8. The van der Waals surface area contributed by atoms with Crippen LogP contribution in [0.5, 0.6) is 0 Å². The molecule has 7 nitrogen and oxygen atoms in total.